The fourth-order valence-electron chi connectivity index (χ4n) is 1.95. The Morgan fingerprint density at radius 3 is 2.67 bits per heavy atom. The highest BCUT2D eigenvalue weighted by molar-refractivity contribution is 7.13. The molecule has 2 amide bonds. The number of amides is 2. The molecule has 0 bridgehead atoms. The summed E-state index contributed by atoms with van der Waals surface area (Å²) in [6.07, 6.45) is 0.0654. The Hall–Kier alpha value is -2.25. The molecule has 0 atom stereocenters. The average molecular weight is 347 g/mol. The van der Waals surface area contributed by atoms with Gasteiger partial charge in [0.05, 0.1) is 30.7 Å². The Morgan fingerprint density at radius 1 is 1.29 bits per heavy atom. The summed E-state index contributed by atoms with van der Waals surface area (Å²) in [5, 5.41) is 4.92. The van der Waals surface area contributed by atoms with Crippen LogP contribution >= 0.6 is 11.3 Å². The largest absolute Gasteiger partial charge is 0.376 e. The SMILES string of the molecule is CC(C)(COCc1ccccc1)C(=O)Nc1nc(CC(N)=O)cs1. The third-order valence-corrected chi connectivity index (χ3v) is 4.12. The van der Waals surface area contributed by atoms with Crippen molar-refractivity contribution < 1.29 is 14.3 Å². The molecule has 1 aromatic carbocycles. The molecule has 0 saturated carbocycles. The molecule has 2 rings (SSSR count). The quantitative estimate of drug-likeness (QED) is 0.766. The second-order valence-corrected chi connectivity index (χ2v) is 6.96. The van der Waals surface area contributed by atoms with E-state index < -0.39 is 11.3 Å². The number of aromatic nitrogens is 1. The smallest absolute Gasteiger partial charge is 0.234 e. The fourth-order valence-corrected chi connectivity index (χ4v) is 2.66. The number of benzene rings is 1. The van der Waals surface area contributed by atoms with Gasteiger partial charge in [0.25, 0.3) is 0 Å². The summed E-state index contributed by atoms with van der Waals surface area (Å²) in [4.78, 5) is 27.4. The van der Waals surface area contributed by atoms with Crippen molar-refractivity contribution in [2.24, 2.45) is 11.1 Å². The first-order chi connectivity index (χ1) is 11.4. The molecule has 0 saturated heterocycles. The van der Waals surface area contributed by atoms with Crippen molar-refractivity contribution in [1.29, 1.82) is 0 Å². The number of hydrogen-bond donors (Lipinski definition) is 2. The van der Waals surface area contributed by atoms with Crippen molar-refractivity contribution in [2.45, 2.75) is 26.9 Å². The molecule has 6 nitrogen and oxygen atoms in total. The summed E-state index contributed by atoms with van der Waals surface area (Å²) >= 11 is 1.27. The van der Waals surface area contributed by atoms with E-state index in [0.717, 1.165) is 5.56 Å². The number of nitrogens with two attached hydrogens (primary N) is 1. The predicted molar refractivity (Wildman–Crippen MR) is 93.5 cm³/mol. The van der Waals surface area contributed by atoms with E-state index in [-0.39, 0.29) is 18.9 Å². The van der Waals surface area contributed by atoms with Gasteiger partial charge in [0, 0.05) is 5.38 Å². The van der Waals surface area contributed by atoms with Gasteiger partial charge in [0.15, 0.2) is 5.13 Å². The van der Waals surface area contributed by atoms with Gasteiger partial charge in [-0.1, -0.05) is 30.3 Å². The summed E-state index contributed by atoms with van der Waals surface area (Å²) in [5.74, 6) is -0.636. The number of anilines is 1. The maximum Gasteiger partial charge on any atom is 0.234 e. The number of ether oxygens (including phenoxy) is 1. The van der Waals surface area contributed by atoms with Gasteiger partial charge in [-0.2, -0.15) is 0 Å². The van der Waals surface area contributed by atoms with Crippen molar-refractivity contribution in [1.82, 2.24) is 4.98 Å². The minimum atomic E-state index is -0.704. The minimum Gasteiger partial charge on any atom is -0.376 e. The zero-order valence-corrected chi connectivity index (χ0v) is 14.6. The molecule has 0 unspecified atom stereocenters. The van der Waals surface area contributed by atoms with Gasteiger partial charge in [0.1, 0.15) is 0 Å². The van der Waals surface area contributed by atoms with Crippen LogP contribution in [-0.2, 0) is 27.4 Å². The van der Waals surface area contributed by atoms with Crippen LogP contribution < -0.4 is 11.1 Å². The van der Waals surface area contributed by atoms with Gasteiger partial charge in [0.2, 0.25) is 11.8 Å². The molecule has 24 heavy (non-hydrogen) atoms. The van der Waals surface area contributed by atoms with Gasteiger partial charge in [-0.15, -0.1) is 11.3 Å². The maximum absolute atomic E-state index is 12.4. The molecule has 0 spiro atoms. The molecule has 0 aliphatic rings. The number of hydrogen-bond acceptors (Lipinski definition) is 5. The molecule has 2 aromatic rings. The third-order valence-electron chi connectivity index (χ3n) is 3.32. The van der Waals surface area contributed by atoms with Crippen LogP contribution in [-0.4, -0.2) is 23.4 Å². The summed E-state index contributed by atoms with van der Waals surface area (Å²) in [6, 6.07) is 9.79. The molecule has 3 N–H and O–H groups in total. The van der Waals surface area contributed by atoms with E-state index >= 15 is 0 Å². The lowest BCUT2D eigenvalue weighted by atomic mass is 9.94. The van der Waals surface area contributed by atoms with Gasteiger partial charge in [-0.05, 0) is 19.4 Å². The molecule has 0 aliphatic heterocycles. The van der Waals surface area contributed by atoms with Gasteiger partial charge >= 0.3 is 0 Å². The van der Waals surface area contributed by atoms with Crippen LogP contribution in [0.1, 0.15) is 25.1 Å². The Bertz CT molecular complexity index is 698. The van der Waals surface area contributed by atoms with Crippen molar-refractivity contribution >= 4 is 28.3 Å². The van der Waals surface area contributed by atoms with E-state index in [0.29, 0.717) is 17.4 Å². The first-order valence-electron chi connectivity index (χ1n) is 7.52. The van der Waals surface area contributed by atoms with Crippen LogP contribution in [0.3, 0.4) is 0 Å². The number of nitrogens with zero attached hydrogens (tertiary/aromatic N) is 1. The second-order valence-electron chi connectivity index (χ2n) is 6.10. The predicted octanol–water partition coefficient (Wildman–Crippen LogP) is 2.35. The topological polar surface area (TPSA) is 94.3 Å². The lowest BCUT2D eigenvalue weighted by Gasteiger charge is -2.22. The molecular formula is C17H21N3O3S. The number of rotatable bonds is 8. The van der Waals surface area contributed by atoms with Crippen LogP contribution in [0.5, 0.6) is 0 Å². The van der Waals surface area contributed by atoms with Crippen LogP contribution in [0.2, 0.25) is 0 Å². The van der Waals surface area contributed by atoms with Crippen molar-refractivity contribution in [3.63, 3.8) is 0 Å². The molecule has 0 radical (unpaired) electrons. The first kappa shape index (κ1) is 18.1. The summed E-state index contributed by atoms with van der Waals surface area (Å²) < 4.78 is 5.66. The molecule has 128 valence electrons. The molecule has 1 aromatic heterocycles. The maximum atomic E-state index is 12.4. The highest BCUT2D eigenvalue weighted by Gasteiger charge is 2.28. The fraction of sp³-hybridized carbons (Fsp3) is 0.353. The lowest BCUT2D eigenvalue weighted by Crippen LogP contribution is -2.35. The minimum absolute atomic E-state index is 0.0654. The van der Waals surface area contributed by atoms with E-state index in [1.165, 1.54) is 11.3 Å². The number of carbonyl (C=O) groups excluding carboxylic acids is 2. The normalized spacial score (nSPS) is 11.2. The van der Waals surface area contributed by atoms with E-state index in [1.807, 2.05) is 44.2 Å². The monoisotopic (exact) mass is 347 g/mol. The highest BCUT2D eigenvalue weighted by Crippen LogP contribution is 2.22. The first-order valence-corrected chi connectivity index (χ1v) is 8.40. The van der Waals surface area contributed by atoms with Crippen molar-refractivity contribution in [3.05, 3.63) is 47.0 Å². The van der Waals surface area contributed by atoms with Crippen LogP contribution in [0.4, 0.5) is 5.13 Å². The van der Waals surface area contributed by atoms with E-state index in [1.54, 1.807) is 5.38 Å². The summed E-state index contributed by atoms with van der Waals surface area (Å²) in [6.45, 7) is 4.36. The number of nitrogens with one attached hydrogen (secondary N) is 1. The van der Waals surface area contributed by atoms with E-state index in [2.05, 4.69) is 10.3 Å². The third kappa shape index (κ3) is 5.43. The van der Waals surface area contributed by atoms with E-state index in [9.17, 15) is 9.59 Å². The lowest BCUT2D eigenvalue weighted by molar-refractivity contribution is -0.127. The van der Waals surface area contributed by atoms with E-state index in [4.69, 9.17) is 10.5 Å². The van der Waals surface area contributed by atoms with Gasteiger partial charge < -0.3 is 15.8 Å². The number of primary amides is 1. The summed E-state index contributed by atoms with van der Waals surface area (Å²) in [5.41, 5.74) is 6.04. The second kappa shape index (κ2) is 8.03. The van der Waals surface area contributed by atoms with Crippen molar-refractivity contribution in [3.8, 4) is 0 Å². The number of carbonyl (C=O) groups is 2. The Kier molecular flexibility index (Phi) is 6.05. The standard InChI is InChI=1S/C17H21N3O3S/c1-17(2,11-23-9-12-6-4-3-5-7-12)15(22)20-16-19-13(10-24-16)8-14(18)21/h3-7,10H,8-9,11H2,1-2H3,(H2,18,21)(H,19,20,22). The van der Waals surface area contributed by atoms with Crippen LogP contribution in [0.15, 0.2) is 35.7 Å². The Labute approximate surface area is 145 Å². The zero-order valence-electron chi connectivity index (χ0n) is 13.7. The molecular weight excluding hydrogens is 326 g/mol. The van der Waals surface area contributed by atoms with Gasteiger partial charge in [-0.3, -0.25) is 9.59 Å². The Morgan fingerprint density at radius 2 is 2.00 bits per heavy atom. The molecule has 7 heteroatoms. The zero-order chi connectivity index (χ0) is 17.6. The molecule has 0 fully saturated rings. The molecule has 0 aliphatic carbocycles. The summed E-state index contributed by atoms with van der Waals surface area (Å²) in [7, 11) is 0. The highest BCUT2D eigenvalue weighted by atomic mass is 32.1. The van der Waals surface area contributed by atoms with Crippen LogP contribution in [0.25, 0.3) is 0 Å². The van der Waals surface area contributed by atoms with Crippen LogP contribution in [0, 0.1) is 5.41 Å². The number of thiazole rings is 1. The Balaban J connectivity index is 1.85. The van der Waals surface area contributed by atoms with Crippen molar-refractivity contribution in [2.75, 3.05) is 11.9 Å². The average Bonchev–Trinajstić information content (AvgIpc) is 2.94. The molecule has 1 heterocycles. The van der Waals surface area contributed by atoms with Gasteiger partial charge in [-0.25, -0.2) is 4.98 Å².